The Morgan fingerprint density at radius 2 is 1.55 bits per heavy atom. The van der Waals surface area contributed by atoms with E-state index >= 15 is 0 Å². The molecule has 1 aliphatic heterocycles. The van der Waals surface area contributed by atoms with Crippen molar-refractivity contribution in [2.45, 2.75) is 19.1 Å². The summed E-state index contributed by atoms with van der Waals surface area (Å²) in [6.07, 6.45) is 4.51. The number of carbonyl (C=O) groups excluding carboxylic acids is 2. The molecule has 0 bridgehead atoms. The highest BCUT2D eigenvalue weighted by Gasteiger charge is 2.36. The molecule has 1 saturated heterocycles. The van der Waals surface area contributed by atoms with Crippen molar-refractivity contribution in [2.75, 3.05) is 27.4 Å². The fourth-order valence-corrected chi connectivity index (χ4v) is 3.33. The molecular formula is C23H24O6. The molecule has 0 aromatic heterocycles. The minimum Gasteiger partial charge on any atom is -0.465 e. The standard InChI is InChI=1S/C23H24O6/c1-4-23(28-12-13-29-23)18-7-5-6-16(14-18)8-9-17-10-11-19(21(24)26-2)20(15-17)22(25)27-3/h5-11,14-15H,4,12-13H2,1-3H3/b9-8+. The van der Waals surface area contributed by atoms with Crippen molar-refractivity contribution in [3.05, 3.63) is 70.3 Å². The van der Waals surface area contributed by atoms with Crippen LogP contribution in [0.3, 0.4) is 0 Å². The number of benzene rings is 2. The van der Waals surface area contributed by atoms with Crippen LogP contribution in [0.15, 0.2) is 42.5 Å². The molecule has 0 radical (unpaired) electrons. The second-order valence-corrected chi connectivity index (χ2v) is 6.55. The average molecular weight is 396 g/mol. The van der Waals surface area contributed by atoms with Crippen LogP contribution in [0.1, 0.15) is 50.8 Å². The molecule has 3 rings (SSSR count). The van der Waals surface area contributed by atoms with Gasteiger partial charge < -0.3 is 18.9 Å². The van der Waals surface area contributed by atoms with Gasteiger partial charge in [0.1, 0.15) is 0 Å². The highest BCUT2D eigenvalue weighted by atomic mass is 16.7. The van der Waals surface area contributed by atoms with E-state index in [2.05, 4.69) is 0 Å². The van der Waals surface area contributed by atoms with Crippen LogP contribution < -0.4 is 0 Å². The molecule has 152 valence electrons. The van der Waals surface area contributed by atoms with E-state index in [1.165, 1.54) is 14.2 Å². The number of hydrogen-bond donors (Lipinski definition) is 0. The summed E-state index contributed by atoms with van der Waals surface area (Å²) >= 11 is 0. The molecular weight excluding hydrogens is 372 g/mol. The van der Waals surface area contributed by atoms with Gasteiger partial charge in [-0.15, -0.1) is 0 Å². The quantitative estimate of drug-likeness (QED) is 0.542. The molecule has 1 heterocycles. The van der Waals surface area contributed by atoms with Crippen LogP contribution in [0.5, 0.6) is 0 Å². The zero-order valence-corrected chi connectivity index (χ0v) is 16.8. The summed E-state index contributed by atoms with van der Waals surface area (Å²) in [7, 11) is 2.54. The van der Waals surface area contributed by atoms with Gasteiger partial charge in [0.15, 0.2) is 5.79 Å². The number of rotatable bonds is 6. The Hall–Kier alpha value is -2.96. The van der Waals surface area contributed by atoms with E-state index in [1.807, 2.05) is 43.3 Å². The van der Waals surface area contributed by atoms with Crippen molar-refractivity contribution in [3.8, 4) is 0 Å². The summed E-state index contributed by atoms with van der Waals surface area (Å²) in [5.74, 6) is -1.87. The molecule has 2 aromatic rings. The van der Waals surface area contributed by atoms with Crippen LogP contribution in [0.25, 0.3) is 12.2 Å². The third kappa shape index (κ3) is 4.39. The lowest BCUT2D eigenvalue weighted by Crippen LogP contribution is -2.25. The molecule has 0 aliphatic carbocycles. The largest absolute Gasteiger partial charge is 0.465 e. The molecule has 1 aliphatic rings. The highest BCUT2D eigenvalue weighted by Crippen LogP contribution is 2.35. The van der Waals surface area contributed by atoms with Crippen LogP contribution in [-0.2, 0) is 24.7 Å². The maximum atomic E-state index is 12.1. The fraction of sp³-hybridized carbons (Fsp3) is 0.304. The maximum Gasteiger partial charge on any atom is 0.338 e. The topological polar surface area (TPSA) is 71.1 Å². The summed E-state index contributed by atoms with van der Waals surface area (Å²) in [4.78, 5) is 24.0. The number of hydrogen-bond acceptors (Lipinski definition) is 6. The maximum absolute atomic E-state index is 12.1. The van der Waals surface area contributed by atoms with E-state index in [0.717, 1.165) is 23.1 Å². The zero-order chi connectivity index (χ0) is 20.9. The normalized spacial score (nSPS) is 15.4. The van der Waals surface area contributed by atoms with Gasteiger partial charge in [-0.2, -0.15) is 0 Å². The molecule has 0 spiro atoms. The van der Waals surface area contributed by atoms with Gasteiger partial charge in [-0.05, 0) is 29.3 Å². The lowest BCUT2D eigenvalue weighted by molar-refractivity contribution is -0.167. The number of ether oxygens (including phenoxy) is 4. The SMILES string of the molecule is CCC1(c2cccc(/C=C/c3ccc(C(=O)OC)c(C(=O)OC)c3)c2)OCCO1. The van der Waals surface area contributed by atoms with E-state index in [1.54, 1.807) is 18.2 Å². The Labute approximate surface area is 170 Å². The third-order valence-corrected chi connectivity index (χ3v) is 4.87. The molecule has 0 amide bonds. The van der Waals surface area contributed by atoms with Gasteiger partial charge in [-0.25, -0.2) is 9.59 Å². The summed E-state index contributed by atoms with van der Waals surface area (Å²) in [5.41, 5.74) is 3.01. The van der Waals surface area contributed by atoms with Crippen LogP contribution in [0, 0.1) is 0 Å². The van der Waals surface area contributed by atoms with Crippen LogP contribution in [-0.4, -0.2) is 39.4 Å². The average Bonchev–Trinajstić information content (AvgIpc) is 3.27. The molecule has 0 unspecified atom stereocenters. The van der Waals surface area contributed by atoms with Crippen molar-refractivity contribution >= 4 is 24.1 Å². The second-order valence-electron chi connectivity index (χ2n) is 6.55. The molecule has 0 N–H and O–H groups in total. The van der Waals surface area contributed by atoms with Crippen LogP contribution in [0.4, 0.5) is 0 Å². The summed E-state index contributed by atoms with van der Waals surface area (Å²) in [5, 5.41) is 0. The first kappa shape index (κ1) is 20.8. The fourth-order valence-electron chi connectivity index (χ4n) is 3.33. The number of esters is 2. The van der Waals surface area contributed by atoms with Gasteiger partial charge >= 0.3 is 11.9 Å². The highest BCUT2D eigenvalue weighted by molar-refractivity contribution is 6.03. The van der Waals surface area contributed by atoms with Crippen molar-refractivity contribution in [1.29, 1.82) is 0 Å². The minimum absolute atomic E-state index is 0.160. The number of methoxy groups -OCH3 is 2. The molecule has 6 nitrogen and oxygen atoms in total. The molecule has 0 atom stereocenters. The lowest BCUT2D eigenvalue weighted by Gasteiger charge is -2.26. The summed E-state index contributed by atoms with van der Waals surface area (Å²) in [6, 6.07) is 12.9. The van der Waals surface area contributed by atoms with Gasteiger partial charge in [0.2, 0.25) is 0 Å². The summed E-state index contributed by atoms with van der Waals surface area (Å²) < 4.78 is 21.2. The Bertz CT molecular complexity index is 925. The molecule has 2 aromatic carbocycles. The minimum atomic E-state index is -0.690. The van der Waals surface area contributed by atoms with Crippen molar-refractivity contribution in [3.63, 3.8) is 0 Å². The molecule has 1 fully saturated rings. The molecule has 6 heteroatoms. The monoisotopic (exact) mass is 396 g/mol. The van der Waals surface area contributed by atoms with Gasteiger partial charge in [-0.1, -0.05) is 43.3 Å². The van der Waals surface area contributed by atoms with Crippen LogP contribution in [0.2, 0.25) is 0 Å². The van der Waals surface area contributed by atoms with Gasteiger partial charge in [0.25, 0.3) is 0 Å². The predicted molar refractivity (Wildman–Crippen MR) is 108 cm³/mol. The van der Waals surface area contributed by atoms with Crippen molar-refractivity contribution in [2.24, 2.45) is 0 Å². The van der Waals surface area contributed by atoms with E-state index in [9.17, 15) is 9.59 Å². The Morgan fingerprint density at radius 3 is 2.17 bits per heavy atom. The lowest BCUT2D eigenvalue weighted by atomic mass is 9.99. The Balaban J connectivity index is 1.89. The van der Waals surface area contributed by atoms with E-state index < -0.39 is 17.7 Å². The first-order chi connectivity index (χ1) is 14.0. The Kier molecular flexibility index (Phi) is 6.46. The van der Waals surface area contributed by atoms with Crippen molar-refractivity contribution < 1.29 is 28.5 Å². The number of carbonyl (C=O) groups is 2. The first-order valence-corrected chi connectivity index (χ1v) is 9.40. The van der Waals surface area contributed by atoms with E-state index in [4.69, 9.17) is 18.9 Å². The van der Waals surface area contributed by atoms with Crippen LogP contribution >= 0.6 is 0 Å². The van der Waals surface area contributed by atoms with Gasteiger partial charge in [0, 0.05) is 12.0 Å². The van der Waals surface area contributed by atoms with Crippen molar-refractivity contribution in [1.82, 2.24) is 0 Å². The predicted octanol–water partition coefficient (Wildman–Crippen LogP) is 4.04. The Morgan fingerprint density at radius 1 is 0.931 bits per heavy atom. The smallest absolute Gasteiger partial charge is 0.338 e. The molecule has 29 heavy (non-hydrogen) atoms. The summed E-state index contributed by atoms with van der Waals surface area (Å²) in [6.45, 7) is 3.19. The first-order valence-electron chi connectivity index (χ1n) is 9.40. The molecule has 0 saturated carbocycles. The second kappa shape index (κ2) is 9.03. The van der Waals surface area contributed by atoms with E-state index in [0.29, 0.717) is 13.2 Å². The van der Waals surface area contributed by atoms with E-state index in [-0.39, 0.29) is 11.1 Å². The third-order valence-electron chi connectivity index (χ3n) is 4.87. The van der Waals surface area contributed by atoms with Gasteiger partial charge in [0.05, 0.1) is 38.6 Å². The zero-order valence-electron chi connectivity index (χ0n) is 16.8. The van der Waals surface area contributed by atoms with Gasteiger partial charge in [-0.3, -0.25) is 0 Å².